The lowest BCUT2D eigenvalue weighted by Crippen LogP contribution is -2.20. The van der Waals surface area contributed by atoms with Crippen molar-refractivity contribution < 1.29 is 17.9 Å². The Labute approximate surface area is 123 Å². The Kier molecular flexibility index (Phi) is 3.92. The Morgan fingerprint density at radius 1 is 1.36 bits per heavy atom. The number of H-pyrrole nitrogens is 1. The SMILES string of the molecule is FC(F)(F)c1ccnc(NC[C@@H]2CCO[C@@H]2c2ncn[nH]2)n1. The summed E-state index contributed by atoms with van der Waals surface area (Å²) in [7, 11) is 0. The number of halogens is 3. The van der Waals surface area contributed by atoms with Gasteiger partial charge in [0.25, 0.3) is 0 Å². The van der Waals surface area contributed by atoms with Crippen LogP contribution in [0, 0.1) is 5.92 Å². The second kappa shape index (κ2) is 5.87. The van der Waals surface area contributed by atoms with E-state index in [1.165, 1.54) is 6.33 Å². The average molecular weight is 314 g/mol. The maximum atomic E-state index is 12.6. The van der Waals surface area contributed by atoms with Gasteiger partial charge in [0.1, 0.15) is 18.1 Å². The molecule has 0 unspecified atom stereocenters. The Bertz CT molecular complexity index is 618. The molecule has 3 rings (SSSR count). The summed E-state index contributed by atoms with van der Waals surface area (Å²) in [6, 6.07) is 0.835. The number of hydrogen-bond acceptors (Lipinski definition) is 6. The Balaban J connectivity index is 1.65. The minimum atomic E-state index is -4.49. The van der Waals surface area contributed by atoms with E-state index < -0.39 is 11.9 Å². The summed E-state index contributed by atoms with van der Waals surface area (Å²) in [5, 5.41) is 9.34. The zero-order valence-electron chi connectivity index (χ0n) is 11.3. The molecule has 0 aliphatic carbocycles. The summed E-state index contributed by atoms with van der Waals surface area (Å²) >= 11 is 0. The number of rotatable bonds is 4. The van der Waals surface area contributed by atoms with Crippen molar-refractivity contribution in [3.8, 4) is 0 Å². The predicted molar refractivity (Wildman–Crippen MR) is 68.7 cm³/mol. The highest BCUT2D eigenvalue weighted by Crippen LogP contribution is 2.32. The lowest BCUT2D eigenvalue weighted by molar-refractivity contribution is -0.141. The highest BCUT2D eigenvalue weighted by atomic mass is 19.4. The molecule has 1 saturated heterocycles. The van der Waals surface area contributed by atoms with Gasteiger partial charge in [0.05, 0.1) is 0 Å². The zero-order valence-corrected chi connectivity index (χ0v) is 11.3. The summed E-state index contributed by atoms with van der Waals surface area (Å²) in [4.78, 5) is 11.3. The average Bonchev–Trinajstić information content (AvgIpc) is 3.15. The number of anilines is 1. The fourth-order valence-corrected chi connectivity index (χ4v) is 2.32. The molecule has 0 spiro atoms. The number of aromatic amines is 1. The van der Waals surface area contributed by atoms with E-state index in [1.54, 1.807) is 0 Å². The summed E-state index contributed by atoms with van der Waals surface area (Å²) in [5.74, 6) is 0.596. The van der Waals surface area contributed by atoms with E-state index >= 15 is 0 Å². The van der Waals surface area contributed by atoms with E-state index in [-0.39, 0.29) is 18.0 Å². The molecule has 0 bridgehead atoms. The Morgan fingerprint density at radius 2 is 2.23 bits per heavy atom. The third kappa shape index (κ3) is 3.16. The summed E-state index contributed by atoms with van der Waals surface area (Å²) in [6.07, 6.45) is -1.52. The van der Waals surface area contributed by atoms with E-state index in [4.69, 9.17) is 4.74 Å². The van der Waals surface area contributed by atoms with Gasteiger partial charge in [-0.2, -0.15) is 18.3 Å². The molecule has 2 N–H and O–H groups in total. The van der Waals surface area contributed by atoms with Crippen LogP contribution in [0.5, 0.6) is 0 Å². The van der Waals surface area contributed by atoms with Crippen LogP contribution in [0.15, 0.2) is 18.6 Å². The summed E-state index contributed by atoms with van der Waals surface area (Å²) in [6.45, 7) is 0.938. The maximum Gasteiger partial charge on any atom is 0.433 e. The minimum Gasteiger partial charge on any atom is -0.370 e. The monoisotopic (exact) mass is 314 g/mol. The molecule has 7 nitrogen and oxygen atoms in total. The third-order valence-corrected chi connectivity index (χ3v) is 3.39. The van der Waals surface area contributed by atoms with E-state index in [0.717, 1.165) is 18.7 Å². The molecule has 2 aromatic rings. The van der Waals surface area contributed by atoms with Crippen molar-refractivity contribution in [1.29, 1.82) is 0 Å². The Morgan fingerprint density at radius 3 is 2.95 bits per heavy atom. The second-order valence-corrected chi connectivity index (χ2v) is 4.86. The van der Waals surface area contributed by atoms with Gasteiger partial charge in [0, 0.05) is 25.3 Å². The molecule has 0 radical (unpaired) electrons. The van der Waals surface area contributed by atoms with Crippen LogP contribution in [-0.4, -0.2) is 38.3 Å². The van der Waals surface area contributed by atoms with Crippen LogP contribution in [0.3, 0.4) is 0 Å². The van der Waals surface area contributed by atoms with Crippen molar-refractivity contribution in [1.82, 2.24) is 25.1 Å². The summed E-state index contributed by atoms with van der Waals surface area (Å²) < 4.78 is 43.4. The summed E-state index contributed by atoms with van der Waals surface area (Å²) in [5.41, 5.74) is -0.973. The van der Waals surface area contributed by atoms with Gasteiger partial charge in [-0.15, -0.1) is 0 Å². The van der Waals surface area contributed by atoms with Crippen LogP contribution in [-0.2, 0) is 10.9 Å². The number of aromatic nitrogens is 5. The first kappa shape index (κ1) is 14.7. The number of hydrogen-bond donors (Lipinski definition) is 2. The van der Waals surface area contributed by atoms with Crippen LogP contribution in [0.1, 0.15) is 24.0 Å². The normalized spacial score (nSPS) is 22.0. The van der Waals surface area contributed by atoms with E-state index in [1.807, 2.05) is 0 Å². The minimum absolute atomic E-state index is 0.0473. The van der Waals surface area contributed by atoms with Gasteiger partial charge in [0.2, 0.25) is 5.95 Å². The zero-order chi connectivity index (χ0) is 15.6. The number of nitrogens with one attached hydrogen (secondary N) is 2. The molecule has 118 valence electrons. The Hall–Kier alpha value is -2.23. The van der Waals surface area contributed by atoms with Crippen molar-refractivity contribution in [3.63, 3.8) is 0 Å². The first-order chi connectivity index (χ1) is 10.5. The van der Waals surface area contributed by atoms with Crippen LogP contribution in [0.4, 0.5) is 19.1 Å². The van der Waals surface area contributed by atoms with Crippen molar-refractivity contribution in [2.24, 2.45) is 5.92 Å². The van der Waals surface area contributed by atoms with Gasteiger partial charge in [-0.1, -0.05) is 0 Å². The van der Waals surface area contributed by atoms with Gasteiger partial charge in [-0.3, -0.25) is 5.10 Å². The molecular formula is C12H13F3N6O. The van der Waals surface area contributed by atoms with Gasteiger partial charge in [-0.05, 0) is 12.5 Å². The fourth-order valence-electron chi connectivity index (χ4n) is 2.32. The molecule has 0 aromatic carbocycles. The topological polar surface area (TPSA) is 88.6 Å². The van der Waals surface area contributed by atoms with Crippen LogP contribution in [0.2, 0.25) is 0 Å². The molecule has 1 fully saturated rings. The molecule has 0 saturated carbocycles. The standard InChI is InChI=1S/C12H13F3N6O/c13-12(14,15)8-1-3-16-11(20-8)17-5-7-2-4-22-9(7)10-18-6-19-21-10/h1,3,6-7,9H,2,4-5H2,(H,16,17,20)(H,18,19,21)/t7-,9-/m0/s1. The van der Waals surface area contributed by atoms with Gasteiger partial charge in [0.15, 0.2) is 5.82 Å². The lowest BCUT2D eigenvalue weighted by Gasteiger charge is -2.17. The van der Waals surface area contributed by atoms with Gasteiger partial charge in [-0.25, -0.2) is 15.0 Å². The van der Waals surface area contributed by atoms with Crippen LogP contribution < -0.4 is 5.32 Å². The smallest absolute Gasteiger partial charge is 0.370 e. The van der Waals surface area contributed by atoms with E-state index in [9.17, 15) is 13.2 Å². The number of nitrogens with zero attached hydrogens (tertiary/aromatic N) is 4. The molecule has 0 amide bonds. The largest absolute Gasteiger partial charge is 0.433 e. The molecule has 3 heterocycles. The first-order valence-electron chi connectivity index (χ1n) is 6.65. The fraction of sp³-hybridized carbons (Fsp3) is 0.500. The van der Waals surface area contributed by atoms with Crippen molar-refractivity contribution in [2.75, 3.05) is 18.5 Å². The molecule has 10 heteroatoms. The third-order valence-electron chi connectivity index (χ3n) is 3.39. The first-order valence-corrected chi connectivity index (χ1v) is 6.65. The van der Waals surface area contributed by atoms with Crippen LogP contribution >= 0.6 is 0 Å². The van der Waals surface area contributed by atoms with Gasteiger partial charge < -0.3 is 10.1 Å². The number of alkyl halides is 3. The van der Waals surface area contributed by atoms with Crippen LogP contribution in [0.25, 0.3) is 0 Å². The molecule has 2 atom stereocenters. The maximum absolute atomic E-state index is 12.6. The molecule has 2 aromatic heterocycles. The molecule has 1 aliphatic rings. The van der Waals surface area contributed by atoms with E-state index in [2.05, 4.69) is 30.5 Å². The van der Waals surface area contributed by atoms with Gasteiger partial charge >= 0.3 is 6.18 Å². The molecule has 1 aliphatic heterocycles. The highest BCUT2D eigenvalue weighted by molar-refractivity contribution is 5.26. The lowest BCUT2D eigenvalue weighted by atomic mass is 10.0. The predicted octanol–water partition coefficient (Wildman–Crippen LogP) is 1.80. The van der Waals surface area contributed by atoms with Crippen molar-refractivity contribution in [2.45, 2.75) is 18.7 Å². The van der Waals surface area contributed by atoms with E-state index in [0.29, 0.717) is 19.0 Å². The highest BCUT2D eigenvalue weighted by Gasteiger charge is 2.34. The molecular weight excluding hydrogens is 301 g/mol. The number of ether oxygens (including phenoxy) is 1. The molecule has 22 heavy (non-hydrogen) atoms. The quantitative estimate of drug-likeness (QED) is 0.894. The van der Waals surface area contributed by atoms with Crippen molar-refractivity contribution in [3.05, 3.63) is 30.1 Å². The van der Waals surface area contributed by atoms with Crippen molar-refractivity contribution >= 4 is 5.95 Å². The second-order valence-electron chi connectivity index (χ2n) is 4.86.